The van der Waals surface area contributed by atoms with Crippen LogP contribution in [-0.2, 0) is 25.2 Å². The van der Waals surface area contributed by atoms with E-state index < -0.39 is 50.8 Å². The van der Waals surface area contributed by atoms with Gasteiger partial charge in [-0.1, -0.05) is 6.58 Å². The Bertz CT molecular complexity index is 515. The molecule has 4 atom stereocenters. The van der Waals surface area contributed by atoms with Crippen LogP contribution in [0, 0.1) is 0 Å². The smallest absolute Gasteiger partial charge is 0.328 e. The standard InChI is InChI=1S/C11H14N2O5S/c1-4-5(14)12-6-8(15)13-7(10(16)17)11(2,3)19(18)9(6)13/h4,6-7,9H,1H2,2-3H3,(H,12,14)(H,16,17)/t6-,7+,9-,19?/m1/s1. The van der Waals surface area contributed by atoms with E-state index in [2.05, 4.69) is 11.9 Å². The second-order valence-corrected chi connectivity index (χ2v) is 7.10. The van der Waals surface area contributed by atoms with Crippen LogP contribution >= 0.6 is 0 Å². The molecule has 2 N–H and O–H groups in total. The van der Waals surface area contributed by atoms with Crippen LogP contribution in [-0.4, -0.2) is 54.2 Å². The summed E-state index contributed by atoms with van der Waals surface area (Å²) in [6.07, 6.45) is 1.01. The van der Waals surface area contributed by atoms with Gasteiger partial charge in [-0.2, -0.15) is 0 Å². The number of fused-ring (bicyclic) bond motifs is 1. The molecule has 1 unspecified atom stereocenters. The minimum absolute atomic E-state index is 0.522. The highest BCUT2D eigenvalue weighted by Gasteiger charge is 2.68. The zero-order valence-corrected chi connectivity index (χ0v) is 11.3. The third-order valence-corrected chi connectivity index (χ3v) is 5.67. The molecule has 19 heavy (non-hydrogen) atoms. The summed E-state index contributed by atoms with van der Waals surface area (Å²) in [6, 6.07) is -2.07. The van der Waals surface area contributed by atoms with Crippen molar-refractivity contribution in [2.24, 2.45) is 0 Å². The number of amides is 2. The largest absolute Gasteiger partial charge is 0.480 e. The maximum absolute atomic E-state index is 12.3. The zero-order chi connectivity index (χ0) is 14.5. The summed E-state index contributed by atoms with van der Waals surface area (Å²) in [4.78, 5) is 35.5. The third-order valence-electron chi connectivity index (χ3n) is 3.47. The van der Waals surface area contributed by atoms with E-state index in [1.165, 1.54) is 0 Å². The zero-order valence-electron chi connectivity index (χ0n) is 10.5. The number of hydrogen-bond donors (Lipinski definition) is 2. The Labute approximate surface area is 112 Å². The first-order chi connectivity index (χ1) is 8.73. The lowest BCUT2D eigenvalue weighted by atomic mass is 9.96. The van der Waals surface area contributed by atoms with E-state index in [1.807, 2.05) is 0 Å². The average Bonchev–Trinajstić information content (AvgIpc) is 2.52. The van der Waals surface area contributed by atoms with Gasteiger partial charge in [0.15, 0.2) is 0 Å². The molecule has 0 bridgehead atoms. The van der Waals surface area contributed by atoms with Gasteiger partial charge in [-0.05, 0) is 19.9 Å². The summed E-state index contributed by atoms with van der Waals surface area (Å²) in [5.74, 6) is -2.26. The minimum atomic E-state index is -1.57. The van der Waals surface area contributed by atoms with Crippen molar-refractivity contribution in [3.8, 4) is 0 Å². The van der Waals surface area contributed by atoms with Crippen molar-refractivity contribution in [2.45, 2.75) is 36.1 Å². The first-order valence-electron chi connectivity index (χ1n) is 5.62. The molecule has 0 spiro atoms. The Balaban J connectivity index is 2.31. The number of nitrogens with zero attached hydrogens (tertiary/aromatic N) is 1. The summed E-state index contributed by atoms with van der Waals surface area (Å²) in [6.45, 7) is 6.35. The molecule has 7 nitrogen and oxygen atoms in total. The maximum Gasteiger partial charge on any atom is 0.328 e. The van der Waals surface area contributed by atoms with Crippen LogP contribution in [0.2, 0.25) is 0 Å². The van der Waals surface area contributed by atoms with Crippen molar-refractivity contribution >= 4 is 28.6 Å². The van der Waals surface area contributed by atoms with Crippen LogP contribution in [0.15, 0.2) is 12.7 Å². The van der Waals surface area contributed by atoms with Crippen LogP contribution in [0.4, 0.5) is 0 Å². The molecule has 104 valence electrons. The van der Waals surface area contributed by atoms with E-state index in [-0.39, 0.29) is 0 Å². The molecule has 0 radical (unpaired) electrons. The lowest BCUT2D eigenvalue weighted by molar-refractivity contribution is -0.160. The van der Waals surface area contributed by atoms with E-state index in [1.54, 1.807) is 13.8 Å². The fourth-order valence-corrected chi connectivity index (χ4v) is 4.43. The Kier molecular flexibility index (Phi) is 3.00. The predicted molar refractivity (Wildman–Crippen MR) is 66.4 cm³/mol. The summed E-state index contributed by atoms with van der Waals surface area (Å²) >= 11 is 0. The molecule has 2 amide bonds. The molecular formula is C11H14N2O5S. The second-order valence-electron chi connectivity index (χ2n) is 4.97. The number of aliphatic carboxylic acids is 1. The minimum Gasteiger partial charge on any atom is -0.480 e. The van der Waals surface area contributed by atoms with Gasteiger partial charge in [-0.25, -0.2) is 4.79 Å². The Morgan fingerprint density at radius 3 is 2.58 bits per heavy atom. The summed E-state index contributed by atoms with van der Waals surface area (Å²) in [5.41, 5.74) is 0. The van der Waals surface area contributed by atoms with Crippen LogP contribution in [0.5, 0.6) is 0 Å². The number of carboxylic acids is 1. The highest BCUT2D eigenvalue weighted by Crippen LogP contribution is 2.43. The number of hydrogen-bond acceptors (Lipinski definition) is 4. The first-order valence-corrected chi connectivity index (χ1v) is 6.83. The Hall–Kier alpha value is -1.70. The van der Waals surface area contributed by atoms with Crippen LogP contribution in [0.1, 0.15) is 13.8 Å². The van der Waals surface area contributed by atoms with Gasteiger partial charge in [0.1, 0.15) is 17.5 Å². The van der Waals surface area contributed by atoms with Crippen LogP contribution < -0.4 is 5.32 Å². The van der Waals surface area contributed by atoms with E-state index in [4.69, 9.17) is 0 Å². The number of carboxylic acid groups (broad SMARTS) is 1. The van der Waals surface area contributed by atoms with Gasteiger partial charge >= 0.3 is 5.97 Å². The van der Waals surface area contributed by atoms with E-state index >= 15 is 0 Å². The maximum atomic E-state index is 12.3. The molecule has 0 aromatic rings. The fraction of sp³-hybridized carbons (Fsp3) is 0.545. The second kappa shape index (κ2) is 4.16. The topological polar surface area (TPSA) is 104 Å². The lowest BCUT2D eigenvalue weighted by Crippen LogP contribution is -2.71. The quantitative estimate of drug-likeness (QED) is 0.502. The summed E-state index contributed by atoms with van der Waals surface area (Å²) in [5, 5.41) is 10.8. The molecule has 2 aliphatic heterocycles. The van der Waals surface area contributed by atoms with Gasteiger partial charge in [-0.3, -0.25) is 13.8 Å². The number of β-lactam (4-membered cyclic amide) rings is 1. The molecule has 2 saturated heterocycles. The number of carbonyl (C=O) groups excluding carboxylic acids is 2. The molecule has 0 aromatic carbocycles. The predicted octanol–water partition coefficient (Wildman–Crippen LogP) is -1.18. The molecule has 8 heteroatoms. The molecule has 2 rings (SSSR count). The molecule has 0 aliphatic carbocycles. The Morgan fingerprint density at radius 1 is 1.53 bits per heavy atom. The van der Waals surface area contributed by atoms with Gasteiger partial charge in [0.05, 0.1) is 15.5 Å². The van der Waals surface area contributed by atoms with Crippen molar-refractivity contribution in [1.82, 2.24) is 10.2 Å². The van der Waals surface area contributed by atoms with E-state index in [0.717, 1.165) is 11.0 Å². The van der Waals surface area contributed by atoms with E-state index in [0.29, 0.717) is 0 Å². The van der Waals surface area contributed by atoms with Crippen LogP contribution in [0.3, 0.4) is 0 Å². The average molecular weight is 286 g/mol. The van der Waals surface area contributed by atoms with Crippen molar-refractivity contribution in [1.29, 1.82) is 0 Å². The molecule has 2 heterocycles. The summed E-state index contributed by atoms with van der Waals surface area (Å²) in [7, 11) is -1.57. The monoisotopic (exact) mass is 286 g/mol. The lowest BCUT2D eigenvalue weighted by Gasteiger charge is -2.42. The first kappa shape index (κ1) is 13.7. The SMILES string of the molecule is C=CC(=O)N[C@@H]1C(=O)N2[C@@H]1S(=O)C(C)(C)[C@@H]2C(=O)O. The number of rotatable bonds is 3. The Morgan fingerprint density at radius 2 is 2.11 bits per heavy atom. The van der Waals surface area contributed by atoms with Gasteiger partial charge in [-0.15, -0.1) is 0 Å². The van der Waals surface area contributed by atoms with Crippen molar-refractivity contribution in [3.05, 3.63) is 12.7 Å². The van der Waals surface area contributed by atoms with Gasteiger partial charge in [0.2, 0.25) is 11.8 Å². The molecule has 2 aliphatic rings. The van der Waals surface area contributed by atoms with Gasteiger partial charge in [0, 0.05) is 0 Å². The third kappa shape index (κ3) is 1.70. The van der Waals surface area contributed by atoms with Crippen LogP contribution in [0.25, 0.3) is 0 Å². The fourth-order valence-electron chi connectivity index (χ4n) is 2.51. The summed E-state index contributed by atoms with van der Waals surface area (Å²) < 4.78 is 11.3. The highest BCUT2D eigenvalue weighted by atomic mass is 32.2. The number of carbonyl (C=O) groups is 3. The van der Waals surface area contributed by atoms with Crippen molar-refractivity contribution in [2.75, 3.05) is 0 Å². The van der Waals surface area contributed by atoms with E-state index in [9.17, 15) is 23.7 Å². The van der Waals surface area contributed by atoms with Gasteiger partial charge < -0.3 is 15.3 Å². The molecule has 0 saturated carbocycles. The molecule has 0 aromatic heterocycles. The van der Waals surface area contributed by atoms with Crippen molar-refractivity contribution in [3.63, 3.8) is 0 Å². The number of nitrogens with one attached hydrogen (secondary N) is 1. The molecular weight excluding hydrogens is 272 g/mol. The normalized spacial score (nSPS) is 35.3. The van der Waals surface area contributed by atoms with Crippen molar-refractivity contribution < 1.29 is 23.7 Å². The molecule has 2 fully saturated rings. The highest BCUT2D eigenvalue weighted by molar-refractivity contribution is 7.87. The van der Waals surface area contributed by atoms with Gasteiger partial charge in [0.25, 0.3) is 0 Å².